The van der Waals surface area contributed by atoms with Gasteiger partial charge in [-0.2, -0.15) is 0 Å². The first kappa shape index (κ1) is 12.0. The molecule has 1 saturated heterocycles. The molecule has 0 spiro atoms. The zero-order valence-corrected chi connectivity index (χ0v) is 10.5. The number of hydrogen-bond donors (Lipinski definition) is 0. The number of carbonyl (C=O) groups excluding carboxylic acids is 1. The van der Waals surface area contributed by atoms with E-state index in [1.165, 1.54) is 0 Å². The molecule has 1 aromatic rings. The molecule has 1 aliphatic heterocycles. The van der Waals surface area contributed by atoms with Crippen LogP contribution in [0.2, 0.25) is 0 Å². The molecule has 17 heavy (non-hydrogen) atoms. The Labute approximate surface area is 102 Å². The molecule has 2 rings (SSSR count). The zero-order valence-electron chi connectivity index (χ0n) is 10.5. The molecule has 0 N–H and O–H groups in total. The Kier molecular flexibility index (Phi) is 3.71. The van der Waals surface area contributed by atoms with Gasteiger partial charge in [0, 0.05) is 43.5 Å². The highest BCUT2D eigenvalue weighted by molar-refractivity contribution is 5.78. The third-order valence-corrected chi connectivity index (χ3v) is 3.30. The van der Waals surface area contributed by atoms with Crippen molar-refractivity contribution in [1.82, 2.24) is 14.9 Å². The minimum atomic E-state index is 0.100. The second kappa shape index (κ2) is 5.25. The Balaban J connectivity index is 1.93. The molecule has 0 saturated carbocycles. The Morgan fingerprint density at radius 1 is 1.35 bits per heavy atom. The second-order valence-electron chi connectivity index (χ2n) is 4.88. The molecule has 0 radical (unpaired) electrons. The van der Waals surface area contributed by atoms with E-state index in [-0.39, 0.29) is 11.8 Å². The van der Waals surface area contributed by atoms with Crippen LogP contribution in [-0.2, 0) is 4.79 Å². The normalized spacial score (nSPS) is 17.5. The van der Waals surface area contributed by atoms with Crippen LogP contribution in [0.5, 0.6) is 0 Å². The van der Waals surface area contributed by atoms with Crippen molar-refractivity contribution in [3.05, 3.63) is 24.3 Å². The summed E-state index contributed by atoms with van der Waals surface area (Å²) < 4.78 is 0. The number of likely N-dealkylation sites (tertiary alicyclic amines) is 1. The second-order valence-corrected chi connectivity index (χ2v) is 4.88. The Hall–Kier alpha value is -1.45. The Bertz CT molecular complexity index is 370. The van der Waals surface area contributed by atoms with Crippen LogP contribution in [0.3, 0.4) is 0 Å². The van der Waals surface area contributed by atoms with Crippen LogP contribution in [0.4, 0.5) is 0 Å². The Morgan fingerprint density at radius 3 is 2.59 bits per heavy atom. The fourth-order valence-corrected chi connectivity index (χ4v) is 2.28. The van der Waals surface area contributed by atoms with Crippen molar-refractivity contribution in [2.45, 2.75) is 32.6 Å². The van der Waals surface area contributed by atoms with Crippen LogP contribution < -0.4 is 0 Å². The van der Waals surface area contributed by atoms with E-state index in [1.807, 2.05) is 24.9 Å². The van der Waals surface area contributed by atoms with Gasteiger partial charge in [0.05, 0.1) is 5.69 Å². The lowest BCUT2D eigenvalue weighted by molar-refractivity contribution is -0.135. The molecule has 92 valence electrons. The van der Waals surface area contributed by atoms with E-state index in [2.05, 4.69) is 9.97 Å². The van der Waals surface area contributed by atoms with Crippen molar-refractivity contribution < 1.29 is 4.79 Å². The molecular formula is C13H19N3O. The van der Waals surface area contributed by atoms with Crippen molar-refractivity contribution in [3.63, 3.8) is 0 Å². The van der Waals surface area contributed by atoms with Gasteiger partial charge < -0.3 is 4.90 Å². The standard InChI is InChI=1S/C13H19N3O/c1-10(2)13(17)16-7-3-11(4-8-16)12-9-14-5-6-15-12/h5-6,9-11H,3-4,7-8H2,1-2H3. The molecule has 1 aromatic heterocycles. The fourth-order valence-electron chi connectivity index (χ4n) is 2.28. The number of piperidine rings is 1. The zero-order chi connectivity index (χ0) is 12.3. The Morgan fingerprint density at radius 2 is 2.06 bits per heavy atom. The number of aromatic nitrogens is 2. The molecular weight excluding hydrogens is 214 g/mol. The van der Waals surface area contributed by atoms with Gasteiger partial charge in [-0.15, -0.1) is 0 Å². The lowest BCUT2D eigenvalue weighted by atomic mass is 9.93. The van der Waals surface area contributed by atoms with E-state index in [9.17, 15) is 4.79 Å². The first-order valence-electron chi connectivity index (χ1n) is 6.23. The molecule has 2 heterocycles. The molecule has 1 amide bonds. The summed E-state index contributed by atoms with van der Waals surface area (Å²) in [6.45, 7) is 5.60. The number of amides is 1. The average molecular weight is 233 g/mol. The van der Waals surface area contributed by atoms with E-state index in [4.69, 9.17) is 0 Å². The maximum Gasteiger partial charge on any atom is 0.225 e. The summed E-state index contributed by atoms with van der Waals surface area (Å²) in [6.07, 6.45) is 7.26. The van der Waals surface area contributed by atoms with Crippen molar-refractivity contribution in [2.24, 2.45) is 5.92 Å². The van der Waals surface area contributed by atoms with E-state index < -0.39 is 0 Å². The van der Waals surface area contributed by atoms with Crippen molar-refractivity contribution in [2.75, 3.05) is 13.1 Å². The van der Waals surface area contributed by atoms with E-state index >= 15 is 0 Å². The maximum absolute atomic E-state index is 11.8. The molecule has 1 aliphatic rings. The van der Waals surface area contributed by atoms with Gasteiger partial charge in [-0.3, -0.25) is 14.8 Å². The van der Waals surface area contributed by atoms with Gasteiger partial charge in [-0.25, -0.2) is 0 Å². The van der Waals surface area contributed by atoms with E-state index in [0.29, 0.717) is 5.92 Å². The summed E-state index contributed by atoms with van der Waals surface area (Å²) in [4.78, 5) is 22.2. The SMILES string of the molecule is CC(C)C(=O)N1CCC(c2cnccn2)CC1. The molecule has 0 bridgehead atoms. The molecule has 0 aliphatic carbocycles. The van der Waals surface area contributed by atoms with Gasteiger partial charge in [0.15, 0.2) is 0 Å². The summed E-state index contributed by atoms with van der Waals surface area (Å²) in [5.41, 5.74) is 1.06. The lowest BCUT2D eigenvalue weighted by Gasteiger charge is -2.32. The lowest BCUT2D eigenvalue weighted by Crippen LogP contribution is -2.40. The van der Waals surface area contributed by atoms with Gasteiger partial charge in [-0.05, 0) is 12.8 Å². The van der Waals surface area contributed by atoms with Crippen LogP contribution in [0.25, 0.3) is 0 Å². The van der Waals surface area contributed by atoms with Crippen molar-refractivity contribution in [3.8, 4) is 0 Å². The average Bonchev–Trinajstić information content (AvgIpc) is 2.39. The third-order valence-electron chi connectivity index (χ3n) is 3.30. The molecule has 0 aromatic carbocycles. The van der Waals surface area contributed by atoms with Crippen LogP contribution in [0.1, 0.15) is 38.3 Å². The highest BCUT2D eigenvalue weighted by Gasteiger charge is 2.25. The van der Waals surface area contributed by atoms with Gasteiger partial charge in [0.25, 0.3) is 0 Å². The molecule has 4 nitrogen and oxygen atoms in total. The minimum Gasteiger partial charge on any atom is -0.342 e. The maximum atomic E-state index is 11.8. The summed E-state index contributed by atoms with van der Waals surface area (Å²) in [5.74, 6) is 0.825. The molecule has 4 heteroatoms. The molecule has 0 unspecified atom stereocenters. The summed E-state index contributed by atoms with van der Waals surface area (Å²) in [5, 5.41) is 0. The van der Waals surface area contributed by atoms with Gasteiger partial charge >= 0.3 is 0 Å². The highest BCUT2D eigenvalue weighted by Crippen LogP contribution is 2.26. The van der Waals surface area contributed by atoms with Crippen LogP contribution in [0.15, 0.2) is 18.6 Å². The minimum absolute atomic E-state index is 0.100. The first-order valence-corrected chi connectivity index (χ1v) is 6.23. The monoisotopic (exact) mass is 233 g/mol. The molecule has 1 fully saturated rings. The summed E-state index contributed by atoms with van der Waals surface area (Å²) in [6, 6.07) is 0. The first-order chi connectivity index (χ1) is 8.18. The molecule has 0 atom stereocenters. The van der Waals surface area contributed by atoms with E-state index in [1.54, 1.807) is 12.4 Å². The number of carbonyl (C=O) groups is 1. The number of hydrogen-bond acceptors (Lipinski definition) is 3. The topological polar surface area (TPSA) is 46.1 Å². The highest BCUT2D eigenvalue weighted by atomic mass is 16.2. The third kappa shape index (κ3) is 2.81. The van der Waals surface area contributed by atoms with Crippen LogP contribution in [-0.4, -0.2) is 33.9 Å². The van der Waals surface area contributed by atoms with Gasteiger partial charge in [-0.1, -0.05) is 13.8 Å². The summed E-state index contributed by atoms with van der Waals surface area (Å²) >= 11 is 0. The van der Waals surface area contributed by atoms with Crippen LogP contribution in [0, 0.1) is 5.92 Å². The predicted molar refractivity (Wildman–Crippen MR) is 65.4 cm³/mol. The van der Waals surface area contributed by atoms with Crippen molar-refractivity contribution >= 4 is 5.91 Å². The summed E-state index contributed by atoms with van der Waals surface area (Å²) in [7, 11) is 0. The predicted octanol–water partition coefficient (Wildman–Crippen LogP) is 1.84. The van der Waals surface area contributed by atoms with Crippen molar-refractivity contribution in [1.29, 1.82) is 0 Å². The van der Waals surface area contributed by atoms with Gasteiger partial charge in [0.2, 0.25) is 5.91 Å². The number of rotatable bonds is 2. The van der Waals surface area contributed by atoms with E-state index in [0.717, 1.165) is 31.6 Å². The van der Waals surface area contributed by atoms with Crippen LogP contribution >= 0.6 is 0 Å². The largest absolute Gasteiger partial charge is 0.342 e. The quantitative estimate of drug-likeness (QED) is 0.783. The fraction of sp³-hybridized carbons (Fsp3) is 0.615. The van der Waals surface area contributed by atoms with Gasteiger partial charge in [0.1, 0.15) is 0 Å². The number of nitrogens with zero attached hydrogens (tertiary/aromatic N) is 3. The smallest absolute Gasteiger partial charge is 0.225 e.